The van der Waals surface area contributed by atoms with Crippen LogP contribution in [0.5, 0.6) is 11.8 Å². The largest absolute Gasteiger partial charge is 0.420 e. The zero-order chi connectivity index (χ0) is 23.4. The number of rotatable bonds is 3. The van der Waals surface area contributed by atoms with Gasteiger partial charge in [0.2, 0.25) is 11.8 Å². The van der Waals surface area contributed by atoms with E-state index in [0.717, 1.165) is 39.3 Å². The molecule has 35 heavy (non-hydrogen) atoms. The second-order valence-corrected chi connectivity index (χ2v) is 8.53. The van der Waals surface area contributed by atoms with Crippen LogP contribution in [0.25, 0.3) is 22.7 Å². The van der Waals surface area contributed by atoms with E-state index >= 15 is 0 Å². The summed E-state index contributed by atoms with van der Waals surface area (Å²) in [6.07, 6.45) is 1.66. The van der Waals surface area contributed by atoms with Gasteiger partial charge >= 0.3 is 0 Å². The van der Waals surface area contributed by atoms with Gasteiger partial charge in [0.15, 0.2) is 11.5 Å². The Morgan fingerprint density at radius 1 is 0.771 bits per heavy atom. The predicted octanol–water partition coefficient (Wildman–Crippen LogP) is 5.57. The van der Waals surface area contributed by atoms with Crippen molar-refractivity contribution in [3.63, 3.8) is 0 Å². The van der Waals surface area contributed by atoms with Crippen molar-refractivity contribution in [2.24, 2.45) is 0 Å². The molecule has 3 aromatic heterocycles. The average Bonchev–Trinajstić information content (AvgIpc) is 3.50. The molecule has 1 aliphatic heterocycles. The molecule has 0 saturated heterocycles. The normalized spacial score (nSPS) is 14.4. The molecule has 7 nitrogen and oxygen atoms in total. The minimum absolute atomic E-state index is 0.156. The highest BCUT2D eigenvalue weighted by atomic mass is 16.5. The molecule has 0 N–H and O–H groups in total. The van der Waals surface area contributed by atoms with E-state index < -0.39 is 0 Å². The van der Waals surface area contributed by atoms with Gasteiger partial charge in [-0.05, 0) is 24.6 Å². The van der Waals surface area contributed by atoms with Crippen molar-refractivity contribution in [1.29, 1.82) is 0 Å². The molecule has 6 aromatic rings. The summed E-state index contributed by atoms with van der Waals surface area (Å²) >= 11 is 0. The molecule has 3 aromatic carbocycles. The average molecular weight is 457 g/mol. The summed E-state index contributed by atoms with van der Waals surface area (Å²) in [6.45, 7) is 2.02. The number of hydrogen-bond acceptors (Lipinski definition) is 5. The second-order valence-electron chi connectivity index (χ2n) is 8.53. The maximum atomic E-state index is 6.47. The number of aromatic nitrogens is 6. The minimum Gasteiger partial charge on any atom is -0.420 e. The smallest absolute Gasteiger partial charge is 0.230 e. The molecule has 1 aliphatic rings. The van der Waals surface area contributed by atoms with Crippen molar-refractivity contribution >= 4 is 5.65 Å². The fourth-order valence-electron chi connectivity index (χ4n) is 4.81. The van der Waals surface area contributed by atoms with Crippen molar-refractivity contribution in [3.05, 3.63) is 120 Å². The second kappa shape index (κ2) is 7.63. The molecular weight excluding hydrogens is 436 g/mol. The SMILES string of the molecule is Cc1nn(-c2ccccc2)c2c1[C@H](c1ccccc1)c1c(ncn3nc(-c4ccccc4)nc13)O2. The first kappa shape index (κ1) is 19.7. The highest BCUT2D eigenvalue weighted by Gasteiger charge is 2.38. The van der Waals surface area contributed by atoms with Gasteiger partial charge < -0.3 is 4.74 Å². The van der Waals surface area contributed by atoms with Crippen LogP contribution in [-0.2, 0) is 0 Å². The molecule has 7 rings (SSSR count). The van der Waals surface area contributed by atoms with Crippen LogP contribution in [0.3, 0.4) is 0 Å². The van der Waals surface area contributed by atoms with E-state index in [-0.39, 0.29) is 5.92 Å². The van der Waals surface area contributed by atoms with Crippen LogP contribution in [0, 0.1) is 6.92 Å². The van der Waals surface area contributed by atoms with Crippen molar-refractivity contribution in [2.75, 3.05) is 0 Å². The quantitative estimate of drug-likeness (QED) is 0.348. The minimum atomic E-state index is -0.156. The van der Waals surface area contributed by atoms with Crippen LogP contribution in [0.1, 0.15) is 28.3 Å². The van der Waals surface area contributed by atoms with Gasteiger partial charge in [-0.1, -0.05) is 78.9 Å². The van der Waals surface area contributed by atoms with E-state index in [2.05, 4.69) is 17.1 Å². The first-order valence-electron chi connectivity index (χ1n) is 11.5. The molecular formula is C28H20N6O. The van der Waals surface area contributed by atoms with Crippen LogP contribution in [0.2, 0.25) is 0 Å². The lowest BCUT2D eigenvalue weighted by Crippen LogP contribution is -2.16. The Morgan fingerprint density at radius 2 is 1.46 bits per heavy atom. The Morgan fingerprint density at radius 3 is 2.20 bits per heavy atom. The number of para-hydroxylation sites is 1. The molecule has 0 unspecified atom stereocenters. The summed E-state index contributed by atoms with van der Waals surface area (Å²) in [5, 5.41) is 9.59. The van der Waals surface area contributed by atoms with Crippen LogP contribution < -0.4 is 4.74 Å². The third-order valence-electron chi connectivity index (χ3n) is 6.39. The molecule has 4 heterocycles. The number of aryl methyl sites for hydroxylation is 1. The summed E-state index contributed by atoms with van der Waals surface area (Å²) < 4.78 is 10.1. The maximum absolute atomic E-state index is 6.47. The summed E-state index contributed by atoms with van der Waals surface area (Å²) in [6, 6.07) is 30.3. The van der Waals surface area contributed by atoms with Gasteiger partial charge in [0, 0.05) is 5.56 Å². The molecule has 168 valence electrons. The Balaban J connectivity index is 1.50. The number of hydrogen-bond donors (Lipinski definition) is 0. The number of ether oxygens (including phenoxy) is 1. The van der Waals surface area contributed by atoms with E-state index in [1.165, 1.54) is 0 Å². The third-order valence-corrected chi connectivity index (χ3v) is 6.39. The van der Waals surface area contributed by atoms with Crippen LogP contribution in [-0.4, -0.2) is 29.4 Å². The third kappa shape index (κ3) is 3.05. The van der Waals surface area contributed by atoms with E-state index in [1.807, 2.05) is 90.5 Å². The van der Waals surface area contributed by atoms with E-state index in [4.69, 9.17) is 19.9 Å². The van der Waals surface area contributed by atoms with Crippen molar-refractivity contribution in [1.82, 2.24) is 29.4 Å². The van der Waals surface area contributed by atoms with Gasteiger partial charge in [0.05, 0.1) is 28.4 Å². The van der Waals surface area contributed by atoms with Gasteiger partial charge in [-0.2, -0.15) is 5.10 Å². The first-order chi connectivity index (χ1) is 17.3. The summed E-state index contributed by atoms with van der Waals surface area (Å²) in [4.78, 5) is 9.61. The Bertz CT molecular complexity index is 1670. The van der Waals surface area contributed by atoms with Crippen LogP contribution >= 0.6 is 0 Å². The van der Waals surface area contributed by atoms with Gasteiger partial charge in [-0.3, -0.25) is 0 Å². The predicted molar refractivity (Wildman–Crippen MR) is 132 cm³/mol. The van der Waals surface area contributed by atoms with Crippen molar-refractivity contribution in [3.8, 4) is 28.8 Å². The van der Waals surface area contributed by atoms with E-state index in [9.17, 15) is 0 Å². The summed E-state index contributed by atoms with van der Waals surface area (Å²) in [5.41, 5.74) is 6.51. The lowest BCUT2D eigenvalue weighted by molar-refractivity contribution is 0.402. The van der Waals surface area contributed by atoms with Gasteiger partial charge in [0.25, 0.3) is 0 Å². The van der Waals surface area contributed by atoms with Crippen LogP contribution in [0.4, 0.5) is 0 Å². The van der Waals surface area contributed by atoms with E-state index in [1.54, 1.807) is 10.8 Å². The monoisotopic (exact) mass is 456 g/mol. The molecule has 0 amide bonds. The number of fused-ring (bicyclic) bond motifs is 4. The Kier molecular flexibility index (Phi) is 4.29. The Labute approximate surface area is 201 Å². The fourth-order valence-corrected chi connectivity index (χ4v) is 4.81. The molecule has 0 spiro atoms. The van der Waals surface area contributed by atoms with Crippen molar-refractivity contribution in [2.45, 2.75) is 12.8 Å². The van der Waals surface area contributed by atoms with Gasteiger partial charge in [0.1, 0.15) is 6.33 Å². The van der Waals surface area contributed by atoms with Gasteiger partial charge in [-0.15, -0.1) is 5.10 Å². The summed E-state index contributed by atoms with van der Waals surface area (Å²) in [7, 11) is 0. The molecule has 1 atom stereocenters. The highest BCUT2D eigenvalue weighted by molar-refractivity contribution is 5.68. The Hall–Kier alpha value is -4.78. The molecule has 0 aliphatic carbocycles. The van der Waals surface area contributed by atoms with E-state index in [0.29, 0.717) is 17.6 Å². The topological polar surface area (TPSA) is 70.1 Å². The van der Waals surface area contributed by atoms with Gasteiger partial charge in [-0.25, -0.2) is 19.2 Å². The fraction of sp³-hybridized carbons (Fsp3) is 0.0714. The maximum Gasteiger partial charge on any atom is 0.230 e. The number of nitrogens with zero attached hydrogens (tertiary/aromatic N) is 6. The lowest BCUT2D eigenvalue weighted by atomic mass is 9.84. The molecule has 0 saturated carbocycles. The zero-order valence-corrected chi connectivity index (χ0v) is 18.9. The molecule has 0 radical (unpaired) electrons. The standard InChI is InChI=1S/C28H20N6O/c1-18-22-23(19-11-5-2-6-12-19)24-26-30-25(20-13-7-3-8-14-20)32-33(26)17-29-27(24)35-28(22)34(31-18)21-15-9-4-10-16-21/h2-17,23H,1H3/t23-/m0/s1. The van der Waals surface area contributed by atoms with Crippen molar-refractivity contribution < 1.29 is 4.74 Å². The molecule has 0 fully saturated rings. The highest BCUT2D eigenvalue weighted by Crippen LogP contribution is 2.49. The molecule has 7 heteroatoms. The van der Waals surface area contributed by atoms with Crippen LogP contribution in [0.15, 0.2) is 97.3 Å². The zero-order valence-electron chi connectivity index (χ0n) is 18.9. The lowest BCUT2D eigenvalue weighted by Gasteiger charge is -2.26. The number of benzene rings is 3. The summed E-state index contributed by atoms with van der Waals surface area (Å²) in [5.74, 6) is 1.68. The molecule has 0 bridgehead atoms. The first-order valence-corrected chi connectivity index (χ1v) is 11.5.